The highest BCUT2D eigenvalue weighted by molar-refractivity contribution is 14.1. The summed E-state index contributed by atoms with van der Waals surface area (Å²) in [7, 11) is 1.34. The van der Waals surface area contributed by atoms with E-state index < -0.39 is 48.1 Å². The summed E-state index contributed by atoms with van der Waals surface area (Å²) in [6, 6.07) is 0. The molecule has 2 N–H and O–H groups in total. The maximum absolute atomic E-state index is 15.3. The van der Waals surface area contributed by atoms with Gasteiger partial charge in [0.1, 0.15) is 24.0 Å². The first-order valence-corrected chi connectivity index (χ1v) is 12.1. The summed E-state index contributed by atoms with van der Waals surface area (Å²) in [6.45, 7) is 3.33. The monoisotopic (exact) mass is 544 g/mol. The molecule has 8 heteroatoms. The zero-order valence-corrected chi connectivity index (χ0v) is 20.1. The lowest BCUT2D eigenvalue weighted by Crippen LogP contribution is -2.35. The summed E-state index contributed by atoms with van der Waals surface area (Å²) < 4.78 is 40.4. The van der Waals surface area contributed by atoms with Crippen LogP contribution in [0.15, 0.2) is 12.2 Å². The van der Waals surface area contributed by atoms with Crippen LogP contribution in [0.4, 0.5) is 8.78 Å². The van der Waals surface area contributed by atoms with Gasteiger partial charge in [-0.1, -0.05) is 54.5 Å². The average Bonchev–Trinajstić information content (AvgIpc) is 3.19. The molecule has 2 rings (SSSR count). The van der Waals surface area contributed by atoms with Crippen LogP contribution in [-0.2, 0) is 14.3 Å². The maximum Gasteiger partial charge on any atom is 0.305 e. The Kier molecular flexibility index (Phi) is 9.96. The number of ether oxygens (including phenoxy) is 2. The van der Waals surface area contributed by atoms with Crippen molar-refractivity contribution in [2.24, 2.45) is 11.8 Å². The van der Waals surface area contributed by atoms with Crippen molar-refractivity contribution in [1.29, 1.82) is 0 Å². The molecule has 2 aliphatic rings. The second-order valence-corrected chi connectivity index (χ2v) is 10.3. The number of fused-ring (bicyclic) bond motifs is 1. The molecule has 0 bridgehead atoms. The van der Waals surface area contributed by atoms with Crippen molar-refractivity contribution >= 4 is 28.6 Å². The van der Waals surface area contributed by atoms with E-state index in [1.165, 1.54) is 20.1 Å². The number of esters is 1. The fourth-order valence-electron chi connectivity index (χ4n) is 4.47. The van der Waals surface area contributed by atoms with E-state index in [4.69, 9.17) is 4.74 Å². The number of hydrogen-bond donors (Lipinski definition) is 2. The number of halogens is 3. The Bertz CT molecular complexity index is 588. The molecule has 2 fully saturated rings. The van der Waals surface area contributed by atoms with E-state index in [0.717, 1.165) is 6.42 Å². The van der Waals surface area contributed by atoms with Crippen molar-refractivity contribution in [3.05, 3.63) is 12.2 Å². The molecule has 1 aliphatic carbocycles. The summed E-state index contributed by atoms with van der Waals surface area (Å²) in [4.78, 5) is 11.3. The normalized spacial score (nSPS) is 35.2. The molecule has 0 radical (unpaired) electrons. The van der Waals surface area contributed by atoms with E-state index in [1.807, 2.05) is 6.92 Å². The first-order chi connectivity index (χ1) is 14.1. The molecule has 1 saturated carbocycles. The second-order valence-electron chi connectivity index (χ2n) is 8.74. The van der Waals surface area contributed by atoms with E-state index >= 15 is 4.39 Å². The van der Waals surface area contributed by atoms with Crippen molar-refractivity contribution in [2.45, 2.75) is 99.0 Å². The average molecular weight is 544 g/mol. The molecule has 0 spiro atoms. The Morgan fingerprint density at radius 2 is 2.13 bits per heavy atom. The molecule has 1 heterocycles. The number of unbranched alkanes of at least 4 members (excludes halogenated alkanes) is 1. The van der Waals surface area contributed by atoms with Gasteiger partial charge in [-0.3, -0.25) is 4.79 Å². The Hall–Kier alpha value is -0.320. The smallest absolute Gasteiger partial charge is 0.305 e. The van der Waals surface area contributed by atoms with E-state index in [9.17, 15) is 19.4 Å². The van der Waals surface area contributed by atoms with Crippen molar-refractivity contribution in [1.82, 2.24) is 0 Å². The van der Waals surface area contributed by atoms with Gasteiger partial charge in [-0.15, -0.1) is 0 Å². The van der Waals surface area contributed by atoms with Crippen LogP contribution in [0.5, 0.6) is 0 Å². The van der Waals surface area contributed by atoms with Gasteiger partial charge < -0.3 is 19.7 Å². The van der Waals surface area contributed by atoms with Gasteiger partial charge in [0, 0.05) is 28.6 Å². The first kappa shape index (κ1) is 25.9. The van der Waals surface area contributed by atoms with Gasteiger partial charge in [-0.25, -0.2) is 8.78 Å². The number of methoxy groups -OCH3 is 1. The first-order valence-electron chi connectivity index (χ1n) is 10.9. The molecule has 4 unspecified atom stereocenters. The standard InChI is InChI=1S/C22H35F2IO5/c1-4-5-11-22(2,24)17(27)10-9-13-15(26)12-16-19(13)20(23)21(30-16)14(25)7-6-8-18(28)29-3/h9-10,13-17,19-21,26-27H,4-8,11-12H2,1-3H3/b10-9+/t13-,14?,15+,16-,17+,19+,20?,21?,22?/m0/s1. The minimum absolute atomic E-state index is 0.108. The number of carbonyl (C=O) groups excluding carboxylic acids is 1. The van der Waals surface area contributed by atoms with Crippen LogP contribution in [0.3, 0.4) is 0 Å². The Morgan fingerprint density at radius 1 is 1.43 bits per heavy atom. The van der Waals surface area contributed by atoms with Crippen LogP contribution in [0.25, 0.3) is 0 Å². The van der Waals surface area contributed by atoms with Crippen LogP contribution in [0.1, 0.15) is 58.8 Å². The van der Waals surface area contributed by atoms with Crippen molar-refractivity contribution < 1.29 is 33.3 Å². The van der Waals surface area contributed by atoms with E-state index in [1.54, 1.807) is 6.08 Å². The number of hydrogen-bond acceptors (Lipinski definition) is 5. The molecule has 0 amide bonds. The highest BCUT2D eigenvalue weighted by atomic mass is 127. The summed E-state index contributed by atoms with van der Waals surface area (Å²) in [5.41, 5.74) is -1.76. The molecule has 0 aromatic heterocycles. The summed E-state index contributed by atoms with van der Waals surface area (Å²) in [5, 5.41) is 20.6. The minimum atomic E-state index is -1.76. The molecule has 1 aliphatic heterocycles. The van der Waals surface area contributed by atoms with Crippen molar-refractivity contribution in [3.63, 3.8) is 0 Å². The molecule has 9 atom stereocenters. The number of rotatable bonds is 11. The summed E-state index contributed by atoms with van der Waals surface area (Å²) in [6.07, 6.45) is 2.14. The highest BCUT2D eigenvalue weighted by Crippen LogP contribution is 2.47. The van der Waals surface area contributed by atoms with Gasteiger partial charge in [-0.05, 0) is 26.2 Å². The largest absolute Gasteiger partial charge is 0.469 e. The zero-order chi connectivity index (χ0) is 22.5. The Balaban J connectivity index is 1.97. The topological polar surface area (TPSA) is 76.0 Å². The lowest BCUT2D eigenvalue weighted by Gasteiger charge is -2.26. The number of aliphatic hydroxyl groups excluding tert-OH is 2. The van der Waals surface area contributed by atoms with Crippen LogP contribution in [-0.4, -0.2) is 63.5 Å². The summed E-state index contributed by atoms with van der Waals surface area (Å²) in [5.74, 6) is -1.33. The van der Waals surface area contributed by atoms with Crippen molar-refractivity contribution in [3.8, 4) is 0 Å². The number of aliphatic hydroxyl groups is 2. The van der Waals surface area contributed by atoms with Crippen LogP contribution in [0.2, 0.25) is 0 Å². The van der Waals surface area contributed by atoms with Gasteiger partial charge >= 0.3 is 5.97 Å². The van der Waals surface area contributed by atoms with Crippen LogP contribution < -0.4 is 0 Å². The number of carbonyl (C=O) groups is 1. The predicted molar refractivity (Wildman–Crippen MR) is 119 cm³/mol. The predicted octanol–water partition coefficient (Wildman–Crippen LogP) is 4.07. The SMILES string of the molecule is CCCCC(C)(F)[C@H](O)/C=C/[C@@H]1[C@H]2C(F)C(C(I)CCCC(=O)OC)O[C@H]2C[C@H]1O. The van der Waals surface area contributed by atoms with E-state index in [0.29, 0.717) is 25.7 Å². The van der Waals surface area contributed by atoms with Crippen molar-refractivity contribution in [2.75, 3.05) is 7.11 Å². The van der Waals surface area contributed by atoms with Gasteiger partial charge in [0.05, 0.1) is 19.3 Å². The lowest BCUT2D eigenvalue weighted by molar-refractivity contribution is -0.140. The molecule has 0 aromatic carbocycles. The minimum Gasteiger partial charge on any atom is -0.469 e. The third-order valence-corrected chi connectivity index (χ3v) is 7.73. The Morgan fingerprint density at radius 3 is 2.77 bits per heavy atom. The van der Waals surface area contributed by atoms with Gasteiger partial charge in [-0.2, -0.15) is 0 Å². The van der Waals surface area contributed by atoms with Gasteiger partial charge in [0.2, 0.25) is 0 Å². The van der Waals surface area contributed by atoms with E-state index in [-0.39, 0.29) is 22.7 Å². The fourth-order valence-corrected chi connectivity index (χ4v) is 5.48. The van der Waals surface area contributed by atoms with Crippen LogP contribution in [0, 0.1) is 11.8 Å². The molecule has 1 saturated heterocycles. The molecular formula is C22H35F2IO5. The quantitative estimate of drug-likeness (QED) is 0.178. The Labute approximate surface area is 191 Å². The lowest BCUT2D eigenvalue weighted by atomic mass is 9.86. The van der Waals surface area contributed by atoms with Gasteiger partial charge in [0.25, 0.3) is 0 Å². The van der Waals surface area contributed by atoms with Gasteiger partial charge in [0.15, 0.2) is 0 Å². The summed E-state index contributed by atoms with van der Waals surface area (Å²) >= 11 is 2.16. The highest BCUT2D eigenvalue weighted by Gasteiger charge is 2.56. The fraction of sp³-hybridized carbons (Fsp3) is 0.864. The maximum atomic E-state index is 15.3. The van der Waals surface area contributed by atoms with E-state index in [2.05, 4.69) is 27.3 Å². The number of alkyl halides is 3. The second kappa shape index (κ2) is 11.5. The molecule has 5 nitrogen and oxygen atoms in total. The van der Waals surface area contributed by atoms with Crippen LogP contribution >= 0.6 is 22.6 Å². The molecule has 174 valence electrons. The zero-order valence-electron chi connectivity index (χ0n) is 18.0. The molecule has 0 aromatic rings. The third kappa shape index (κ3) is 6.36. The molecule has 30 heavy (non-hydrogen) atoms. The third-order valence-electron chi connectivity index (χ3n) is 6.40. The molecular weight excluding hydrogens is 509 g/mol.